The molecule has 0 aromatic rings. The molecule has 0 N–H and O–H groups in total. The monoisotopic (exact) mass is 182 g/mol. The molecule has 0 radical (unpaired) electrons. The molecule has 1 atom stereocenters. The Morgan fingerprint density at radius 3 is 2.62 bits per heavy atom. The molecule has 0 bridgehead atoms. The van der Waals surface area contributed by atoms with E-state index in [1.165, 1.54) is 44.9 Å². The first-order chi connectivity index (χ1) is 6.33. The van der Waals surface area contributed by atoms with Crippen molar-refractivity contribution in [3.8, 4) is 0 Å². The summed E-state index contributed by atoms with van der Waals surface area (Å²) in [6.45, 7) is 2.19. The normalized spacial score (nSPS) is 21.3. The van der Waals surface area contributed by atoms with E-state index in [0.717, 1.165) is 18.6 Å². The predicted molar refractivity (Wildman–Crippen MR) is 55.7 cm³/mol. The van der Waals surface area contributed by atoms with Crippen molar-refractivity contribution in [1.29, 1.82) is 0 Å². The van der Waals surface area contributed by atoms with E-state index < -0.39 is 0 Å². The van der Waals surface area contributed by atoms with Gasteiger partial charge in [-0.25, -0.2) is 0 Å². The van der Waals surface area contributed by atoms with Gasteiger partial charge in [0.15, 0.2) is 0 Å². The Kier molecular flexibility index (Phi) is 5.10. The fourth-order valence-electron chi connectivity index (χ4n) is 2.28. The predicted octanol–water partition coefficient (Wildman–Crippen LogP) is 3.57. The molecule has 0 amide bonds. The average molecular weight is 182 g/mol. The largest absolute Gasteiger partial charge is 0.303 e. The highest BCUT2D eigenvalue weighted by Crippen LogP contribution is 2.28. The summed E-state index contributed by atoms with van der Waals surface area (Å²) < 4.78 is 0. The number of hydrogen-bond acceptors (Lipinski definition) is 1. The Balaban J connectivity index is 2.06. The Hall–Kier alpha value is -0.330. The van der Waals surface area contributed by atoms with E-state index in [0.29, 0.717) is 5.92 Å². The van der Waals surface area contributed by atoms with Gasteiger partial charge in [-0.05, 0) is 11.8 Å². The maximum atomic E-state index is 10.3. The molecule has 1 nitrogen and oxygen atoms in total. The van der Waals surface area contributed by atoms with Gasteiger partial charge in [0.25, 0.3) is 0 Å². The second-order valence-corrected chi connectivity index (χ2v) is 4.59. The van der Waals surface area contributed by atoms with Gasteiger partial charge in [0, 0.05) is 6.42 Å². The van der Waals surface area contributed by atoms with Crippen LogP contribution in [0, 0.1) is 11.8 Å². The van der Waals surface area contributed by atoms with Crippen LogP contribution in [0.25, 0.3) is 0 Å². The minimum Gasteiger partial charge on any atom is -0.303 e. The van der Waals surface area contributed by atoms with Crippen molar-refractivity contribution in [3.05, 3.63) is 0 Å². The van der Waals surface area contributed by atoms with Crippen molar-refractivity contribution >= 4 is 6.29 Å². The van der Waals surface area contributed by atoms with E-state index in [-0.39, 0.29) is 0 Å². The summed E-state index contributed by atoms with van der Waals surface area (Å²) in [7, 11) is 0. The highest BCUT2D eigenvalue weighted by molar-refractivity contribution is 5.49. The van der Waals surface area contributed by atoms with Crippen molar-refractivity contribution < 1.29 is 4.79 Å². The van der Waals surface area contributed by atoms with Gasteiger partial charge in [-0.3, -0.25) is 0 Å². The molecule has 1 rings (SSSR count). The fourth-order valence-corrected chi connectivity index (χ4v) is 2.28. The van der Waals surface area contributed by atoms with E-state index in [1.807, 2.05) is 0 Å². The van der Waals surface area contributed by atoms with Crippen LogP contribution in [-0.4, -0.2) is 6.29 Å². The smallest absolute Gasteiger partial charge is 0.120 e. The number of rotatable bonds is 5. The maximum Gasteiger partial charge on any atom is 0.120 e. The van der Waals surface area contributed by atoms with Crippen LogP contribution < -0.4 is 0 Å². The van der Waals surface area contributed by atoms with Crippen LogP contribution in [0.2, 0.25) is 0 Å². The minimum absolute atomic E-state index is 0.611. The van der Waals surface area contributed by atoms with Gasteiger partial charge in [0.1, 0.15) is 6.29 Å². The summed E-state index contributed by atoms with van der Waals surface area (Å²) >= 11 is 0. The topological polar surface area (TPSA) is 17.1 Å². The fraction of sp³-hybridized carbons (Fsp3) is 0.917. The molecule has 0 aromatic heterocycles. The number of aldehydes is 1. The summed E-state index contributed by atoms with van der Waals surface area (Å²) in [4.78, 5) is 10.3. The van der Waals surface area contributed by atoms with Crippen LogP contribution in [-0.2, 0) is 4.79 Å². The Labute approximate surface area is 81.9 Å². The average Bonchev–Trinajstić information content (AvgIpc) is 2.17. The standard InChI is InChI=1S/C12H22O/c1-11(9-10-13)7-8-12-5-3-2-4-6-12/h10-12H,2-9H2,1H3/t11-/m0/s1. The van der Waals surface area contributed by atoms with Gasteiger partial charge >= 0.3 is 0 Å². The first-order valence-corrected chi connectivity index (χ1v) is 5.76. The van der Waals surface area contributed by atoms with Gasteiger partial charge in [0.05, 0.1) is 0 Å². The first-order valence-electron chi connectivity index (χ1n) is 5.76. The lowest BCUT2D eigenvalue weighted by atomic mass is 9.84. The maximum absolute atomic E-state index is 10.3. The quantitative estimate of drug-likeness (QED) is 0.594. The third-order valence-corrected chi connectivity index (χ3v) is 3.29. The van der Waals surface area contributed by atoms with Crippen molar-refractivity contribution in [2.24, 2.45) is 11.8 Å². The number of carbonyl (C=O) groups excluding carboxylic acids is 1. The number of hydrogen-bond donors (Lipinski definition) is 0. The molecule has 1 aliphatic carbocycles. The van der Waals surface area contributed by atoms with Crippen LogP contribution >= 0.6 is 0 Å². The van der Waals surface area contributed by atoms with Crippen LogP contribution in [0.1, 0.15) is 58.3 Å². The number of carbonyl (C=O) groups is 1. The molecular weight excluding hydrogens is 160 g/mol. The summed E-state index contributed by atoms with van der Waals surface area (Å²) in [6.07, 6.45) is 11.6. The lowest BCUT2D eigenvalue weighted by Gasteiger charge is -2.22. The molecule has 1 saturated carbocycles. The molecule has 0 heterocycles. The Bertz CT molecular complexity index is 136. The molecule has 1 heteroatoms. The molecule has 0 aromatic carbocycles. The zero-order valence-corrected chi connectivity index (χ0v) is 8.80. The third kappa shape index (κ3) is 4.44. The summed E-state index contributed by atoms with van der Waals surface area (Å²) in [5.41, 5.74) is 0. The molecular formula is C12H22O. The van der Waals surface area contributed by atoms with Gasteiger partial charge in [-0.2, -0.15) is 0 Å². The molecule has 0 spiro atoms. The van der Waals surface area contributed by atoms with Crippen molar-refractivity contribution in [3.63, 3.8) is 0 Å². The van der Waals surface area contributed by atoms with Crippen molar-refractivity contribution in [2.75, 3.05) is 0 Å². The second-order valence-electron chi connectivity index (χ2n) is 4.59. The molecule has 0 aliphatic heterocycles. The van der Waals surface area contributed by atoms with Gasteiger partial charge in [-0.1, -0.05) is 51.9 Å². The summed E-state index contributed by atoms with van der Waals surface area (Å²) in [5, 5.41) is 0. The Morgan fingerprint density at radius 2 is 2.00 bits per heavy atom. The van der Waals surface area contributed by atoms with Crippen molar-refractivity contribution in [1.82, 2.24) is 0 Å². The zero-order chi connectivity index (χ0) is 9.52. The lowest BCUT2D eigenvalue weighted by Crippen LogP contribution is -2.08. The van der Waals surface area contributed by atoms with Gasteiger partial charge in [-0.15, -0.1) is 0 Å². The molecule has 1 fully saturated rings. The molecule has 76 valence electrons. The Morgan fingerprint density at radius 1 is 1.31 bits per heavy atom. The van der Waals surface area contributed by atoms with E-state index in [4.69, 9.17) is 0 Å². The first kappa shape index (κ1) is 10.7. The van der Waals surface area contributed by atoms with Crippen LogP contribution in [0.3, 0.4) is 0 Å². The molecule has 0 unspecified atom stereocenters. The van der Waals surface area contributed by atoms with E-state index in [2.05, 4.69) is 6.92 Å². The molecule has 1 aliphatic rings. The SMILES string of the molecule is C[C@H](CC=O)CCC1CCCCC1. The van der Waals surface area contributed by atoms with E-state index in [1.54, 1.807) is 0 Å². The van der Waals surface area contributed by atoms with Gasteiger partial charge in [0.2, 0.25) is 0 Å². The van der Waals surface area contributed by atoms with Crippen molar-refractivity contribution in [2.45, 2.75) is 58.3 Å². The summed E-state index contributed by atoms with van der Waals surface area (Å²) in [6, 6.07) is 0. The third-order valence-electron chi connectivity index (χ3n) is 3.29. The van der Waals surface area contributed by atoms with Crippen LogP contribution in [0.5, 0.6) is 0 Å². The van der Waals surface area contributed by atoms with Gasteiger partial charge < -0.3 is 4.79 Å². The summed E-state index contributed by atoms with van der Waals surface area (Å²) in [5.74, 6) is 1.59. The minimum atomic E-state index is 0.611. The zero-order valence-electron chi connectivity index (χ0n) is 8.80. The van der Waals surface area contributed by atoms with Crippen LogP contribution in [0.15, 0.2) is 0 Å². The second kappa shape index (κ2) is 6.17. The van der Waals surface area contributed by atoms with Crippen LogP contribution in [0.4, 0.5) is 0 Å². The molecule has 13 heavy (non-hydrogen) atoms. The van der Waals surface area contributed by atoms with E-state index in [9.17, 15) is 4.79 Å². The highest BCUT2D eigenvalue weighted by atomic mass is 16.1. The van der Waals surface area contributed by atoms with E-state index >= 15 is 0 Å². The molecule has 0 saturated heterocycles. The lowest BCUT2D eigenvalue weighted by molar-refractivity contribution is -0.108. The highest BCUT2D eigenvalue weighted by Gasteiger charge is 2.14.